The summed E-state index contributed by atoms with van der Waals surface area (Å²) in [5.41, 5.74) is 0.839. The number of hydrogen-bond acceptors (Lipinski definition) is 1. The van der Waals surface area contributed by atoms with Gasteiger partial charge < -0.3 is 4.79 Å². The zero-order chi connectivity index (χ0) is 10.6. The molecule has 74 valence electrons. The van der Waals surface area contributed by atoms with Crippen molar-refractivity contribution in [2.75, 3.05) is 0 Å². The molecule has 0 heterocycles. The van der Waals surface area contributed by atoms with Crippen molar-refractivity contribution < 1.29 is 4.79 Å². The van der Waals surface area contributed by atoms with E-state index in [0.29, 0.717) is 5.41 Å². The Kier molecular flexibility index (Phi) is 3.41. The van der Waals surface area contributed by atoms with Gasteiger partial charge in [-0.1, -0.05) is 49.5 Å². The lowest BCUT2D eigenvalue weighted by atomic mass is 10.2. The largest absolute Gasteiger partial charge is 0.300 e. The zero-order valence-corrected chi connectivity index (χ0v) is 9.79. The molecular formula is C12H16OSi. The molecular weight excluding hydrogens is 188 g/mol. The van der Waals surface area contributed by atoms with Crippen LogP contribution in [0, 0.1) is 0 Å². The second-order valence-corrected chi connectivity index (χ2v) is 8.70. The fourth-order valence-electron chi connectivity index (χ4n) is 1.43. The Balaban J connectivity index is 2.90. The normalized spacial score (nSPS) is 11.0. The maximum atomic E-state index is 12.1. The van der Waals surface area contributed by atoms with E-state index in [-0.39, 0.29) is 0 Å². The lowest BCUT2D eigenvalue weighted by Gasteiger charge is -2.18. The molecule has 0 bridgehead atoms. The molecule has 0 aliphatic carbocycles. The molecule has 0 spiro atoms. The van der Waals surface area contributed by atoms with Gasteiger partial charge in [-0.05, 0) is 6.04 Å². The van der Waals surface area contributed by atoms with Gasteiger partial charge in [0.15, 0.2) is 0 Å². The van der Waals surface area contributed by atoms with Gasteiger partial charge in [-0.2, -0.15) is 0 Å². The van der Waals surface area contributed by atoms with E-state index in [1.54, 1.807) is 0 Å². The monoisotopic (exact) mass is 204 g/mol. The molecule has 1 aromatic rings. The van der Waals surface area contributed by atoms with Crippen molar-refractivity contribution in [3.05, 3.63) is 48.6 Å². The predicted octanol–water partition coefficient (Wildman–Crippen LogP) is 3.30. The molecule has 1 aromatic carbocycles. The van der Waals surface area contributed by atoms with Crippen molar-refractivity contribution in [2.45, 2.75) is 19.1 Å². The molecule has 0 unspecified atom stereocenters. The van der Waals surface area contributed by atoms with Crippen molar-refractivity contribution in [2.24, 2.45) is 0 Å². The molecule has 0 aromatic heterocycles. The number of hydrogen-bond donors (Lipinski definition) is 0. The minimum absolute atomic E-state index is 0.318. The summed E-state index contributed by atoms with van der Waals surface area (Å²) in [6.07, 6.45) is 1.85. The predicted molar refractivity (Wildman–Crippen MR) is 63.3 cm³/mol. The molecule has 0 atom stereocenters. The second-order valence-electron chi connectivity index (χ2n) is 4.07. The minimum atomic E-state index is -1.80. The van der Waals surface area contributed by atoms with E-state index >= 15 is 0 Å². The number of carbonyl (C=O) groups excluding carboxylic acids is 1. The number of carbonyl (C=O) groups is 1. The van der Waals surface area contributed by atoms with Crippen LogP contribution in [0.5, 0.6) is 0 Å². The molecule has 0 aliphatic rings. The Morgan fingerprint density at radius 2 is 1.93 bits per heavy atom. The number of benzene rings is 1. The average Bonchev–Trinajstić information content (AvgIpc) is 2.18. The summed E-state index contributed by atoms with van der Waals surface area (Å²) in [5, 5.41) is 0.318. The Labute approximate surface area is 86.5 Å². The first-order chi connectivity index (χ1) is 6.58. The molecule has 1 nitrogen and oxygen atoms in total. The molecule has 0 saturated carbocycles. The van der Waals surface area contributed by atoms with Crippen LogP contribution in [0.25, 0.3) is 0 Å². The highest BCUT2D eigenvalue weighted by atomic mass is 28.3. The molecule has 14 heavy (non-hydrogen) atoms. The van der Waals surface area contributed by atoms with Gasteiger partial charge >= 0.3 is 0 Å². The molecule has 0 aliphatic heterocycles. The third-order valence-electron chi connectivity index (χ3n) is 2.31. The SMILES string of the molecule is C=CC[Si](C)(C)C(=O)c1ccccc1. The Bertz CT molecular complexity index is 327. The highest BCUT2D eigenvalue weighted by Crippen LogP contribution is 2.16. The highest BCUT2D eigenvalue weighted by Gasteiger charge is 2.29. The summed E-state index contributed by atoms with van der Waals surface area (Å²) in [7, 11) is -1.80. The van der Waals surface area contributed by atoms with Crippen LogP contribution in [-0.4, -0.2) is 13.5 Å². The van der Waals surface area contributed by atoms with Gasteiger partial charge in [0, 0.05) is 5.56 Å². The topological polar surface area (TPSA) is 17.1 Å². The maximum Gasteiger partial charge on any atom is 0.140 e. The van der Waals surface area contributed by atoms with Crippen molar-refractivity contribution in [3.63, 3.8) is 0 Å². The van der Waals surface area contributed by atoms with Gasteiger partial charge in [0.25, 0.3) is 0 Å². The quantitative estimate of drug-likeness (QED) is 0.543. The number of rotatable bonds is 4. The van der Waals surface area contributed by atoms with E-state index in [0.717, 1.165) is 11.6 Å². The van der Waals surface area contributed by atoms with Crippen LogP contribution in [0.1, 0.15) is 10.4 Å². The maximum absolute atomic E-state index is 12.1. The molecule has 0 radical (unpaired) electrons. The standard InChI is InChI=1S/C12H16OSi/c1-4-10-14(2,3)12(13)11-8-6-5-7-9-11/h4-9H,1,10H2,2-3H3. The summed E-state index contributed by atoms with van der Waals surface area (Å²) < 4.78 is 0. The Morgan fingerprint density at radius 3 is 2.43 bits per heavy atom. The molecule has 1 rings (SSSR count). The van der Waals surface area contributed by atoms with Gasteiger partial charge in [-0.15, -0.1) is 6.58 Å². The fraction of sp³-hybridized carbons (Fsp3) is 0.250. The van der Waals surface area contributed by atoms with Gasteiger partial charge in [0.05, 0.1) is 0 Å². The molecule has 0 saturated heterocycles. The van der Waals surface area contributed by atoms with Crippen molar-refractivity contribution in [3.8, 4) is 0 Å². The summed E-state index contributed by atoms with van der Waals surface area (Å²) in [6, 6.07) is 10.4. The van der Waals surface area contributed by atoms with E-state index in [4.69, 9.17) is 0 Å². The van der Waals surface area contributed by atoms with E-state index < -0.39 is 8.07 Å². The van der Waals surface area contributed by atoms with E-state index in [2.05, 4.69) is 19.7 Å². The summed E-state index contributed by atoms with van der Waals surface area (Å²) in [4.78, 5) is 12.1. The average molecular weight is 204 g/mol. The smallest absolute Gasteiger partial charge is 0.140 e. The summed E-state index contributed by atoms with van der Waals surface area (Å²) >= 11 is 0. The van der Waals surface area contributed by atoms with Crippen LogP contribution in [-0.2, 0) is 0 Å². The highest BCUT2D eigenvalue weighted by molar-refractivity contribution is 7.06. The summed E-state index contributed by atoms with van der Waals surface area (Å²) in [6.45, 7) is 7.88. The lowest BCUT2D eigenvalue weighted by Crippen LogP contribution is -2.36. The Hall–Kier alpha value is -1.15. The second kappa shape index (κ2) is 4.38. The van der Waals surface area contributed by atoms with E-state index in [1.807, 2.05) is 36.4 Å². The molecule has 0 N–H and O–H groups in total. The molecule has 0 amide bonds. The Morgan fingerprint density at radius 1 is 1.36 bits per heavy atom. The van der Waals surface area contributed by atoms with Crippen molar-refractivity contribution >= 4 is 13.5 Å². The van der Waals surface area contributed by atoms with Crippen LogP contribution in [0.4, 0.5) is 0 Å². The summed E-state index contributed by atoms with van der Waals surface area (Å²) in [5.74, 6) is 0. The van der Waals surface area contributed by atoms with Crippen LogP contribution >= 0.6 is 0 Å². The van der Waals surface area contributed by atoms with Crippen molar-refractivity contribution in [1.29, 1.82) is 0 Å². The first-order valence-electron chi connectivity index (χ1n) is 4.78. The van der Waals surface area contributed by atoms with Crippen molar-refractivity contribution in [1.82, 2.24) is 0 Å². The van der Waals surface area contributed by atoms with E-state index in [9.17, 15) is 4.79 Å². The first-order valence-corrected chi connectivity index (χ1v) is 7.99. The first kappa shape index (κ1) is 10.9. The number of allylic oxidation sites excluding steroid dienone is 1. The van der Waals surface area contributed by atoms with Crippen LogP contribution < -0.4 is 0 Å². The van der Waals surface area contributed by atoms with E-state index in [1.165, 1.54) is 0 Å². The lowest BCUT2D eigenvalue weighted by molar-refractivity contribution is 0.106. The van der Waals surface area contributed by atoms with Gasteiger partial charge in [-0.25, -0.2) is 0 Å². The van der Waals surface area contributed by atoms with Crippen LogP contribution in [0.15, 0.2) is 43.0 Å². The molecule has 2 heteroatoms. The van der Waals surface area contributed by atoms with Crippen LogP contribution in [0.3, 0.4) is 0 Å². The third-order valence-corrected chi connectivity index (χ3v) is 5.13. The van der Waals surface area contributed by atoms with Crippen LogP contribution in [0.2, 0.25) is 19.1 Å². The minimum Gasteiger partial charge on any atom is -0.300 e. The fourth-order valence-corrected chi connectivity index (χ4v) is 3.29. The van der Waals surface area contributed by atoms with Gasteiger partial charge in [0.1, 0.15) is 13.5 Å². The van der Waals surface area contributed by atoms with Gasteiger partial charge in [0.2, 0.25) is 0 Å². The molecule has 0 fully saturated rings. The zero-order valence-electron chi connectivity index (χ0n) is 8.79. The third kappa shape index (κ3) is 2.42. The van der Waals surface area contributed by atoms with Gasteiger partial charge in [-0.3, -0.25) is 0 Å².